The Morgan fingerprint density at radius 3 is 2.91 bits per heavy atom. The summed E-state index contributed by atoms with van der Waals surface area (Å²) in [7, 11) is 0. The molecule has 0 aromatic carbocycles. The lowest BCUT2D eigenvalue weighted by Crippen LogP contribution is -2.48. The number of imidazole rings is 1. The summed E-state index contributed by atoms with van der Waals surface area (Å²) < 4.78 is 16.4. The Kier molecular flexibility index (Phi) is 3.42. The van der Waals surface area contributed by atoms with E-state index in [0.717, 1.165) is 31.0 Å². The number of aromatic nitrogens is 4. The number of rotatable bonds is 4. The first-order chi connectivity index (χ1) is 11.2. The predicted molar refractivity (Wildman–Crippen MR) is 82.4 cm³/mol. The third-order valence-corrected chi connectivity index (χ3v) is 4.10. The zero-order chi connectivity index (χ0) is 15.8. The molecule has 0 N–H and O–H groups in total. The average molecular weight is 313 g/mol. The highest BCUT2D eigenvalue weighted by atomic mass is 19.1. The van der Waals surface area contributed by atoms with Crippen LogP contribution in [-0.2, 0) is 13.1 Å². The van der Waals surface area contributed by atoms with Crippen LogP contribution >= 0.6 is 0 Å². The van der Waals surface area contributed by atoms with Crippen molar-refractivity contribution in [2.75, 3.05) is 13.1 Å². The van der Waals surface area contributed by atoms with Crippen LogP contribution in [0.2, 0.25) is 0 Å². The van der Waals surface area contributed by atoms with Gasteiger partial charge in [-0.25, -0.2) is 14.1 Å². The monoisotopic (exact) mass is 313 g/mol. The SMILES string of the molecule is O=c1cccnn1CC1CN(Cc2cn3cc(F)ccc3n2)C1. The first-order valence-corrected chi connectivity index (χ1v) is 7.55. The van der Waals surface area contributed by atoms with E-state index >= 15 is 0 Å². The maximum atomic E-state index is 13.2. The molecule has 0 saturated carbocycles. The Morgan fingerprint density at radius 2 is 2.09 bits per heavy atom. The van der Waals surface area contributed by atoms with E-state index in [9.17, 15) is 9.18 Å². The van der Waals surface area contributed by atoms with Crippen molar-refractivity contribution in [2.24, 2.45) is 5.92 Å². The van der Waals surface area contributed by atoms with Gasteiger partial charge < -0.3 is 4.40 Å². The molecule has 4 rings (SSSR count). The molecule has 0 atom stereocenters. The zero-order valence-electron chi connectivity index (χ0n) is 12.5. The lowest BCUT2D eigenvalue weighted by atomic mass is 10.00. The molecule has 1 fully saturated rings. The van der Waals surface area contributed by atoms with Gasteiger partial charge in [-0.2, -0.15) is 5.10 Å². The van der Waals surface area contributed by atoms with Crippen molar-refractivity contribution in [3.05, 3.63) is 64.7 Å². The minimum Gasteiger partial charge on any atom is -0.304 e. The van der Waals surface area contributed by atoms with E-state index < -0.39 is 0 Å². The van der Waals surface area contributed by atoms with Gasteiger partial charge in [0, 0.05) is 50.2 Å². The van der Waals surface area contributed by atoms with Crippen LogP contribution in [0.15, 0.2) is 47.7 Å². The van der Waals surface area contributed by atoms with E-state index in [-0.39, 0.29) is 11.4 Å². The molecule has 0 aliphatic carbocycles. The second kappa shape index (κ2) is 5.58. The highest BCUT2D eigenvalue weighted by Crippen LogP contribution is 2.19. The first-order valence-electron chi connectivity index (χ1n) is 7.55. The molecular weight excluding hydrogens is 297 g/mol. The summed E-state index contributed by atoms with van der Waals surface area (Å²) in [5, 5.41) is 4.08. The van der Waals surface area contributed by atoms with Crippen molar-refractivity contribution in [3.8, 4) is 0 Å². The Bertz CT molecular complexity index is 897. The van der Waals surface area contributed by atoms with E-state index in [1.165, 1.54) is 23.0 Å². The molecule has 0 spiro atoms. The Labute approximate surface area is 131 Å². The summed E-state index contributed by atoms with van der Waals surface area (Å²) in [6.45, 7) is 3.19. The predicted octanol–water partition coefficient (Wildman–Crippen LogP) is 1.16. The van der Waals surface area contributed by atoms with Crippen LogP contribution in [0.4, 0.5) is 4.39 Å². The summed E-state index contributed by atoms with van der Waals surface area (Å²) >= 11 is 0. The Morgan fingerprint density at radius 1 is 1.22 bits per heavy atom. The van der Waals surface area contributed by atoms with Gasteiger partial charge in [-0.05, 0) is 18.2 Å². The van der Waals surface area contributed by atoms with Crippen LogP contribution in [-0.4, -0.2) is 37.2 Å². The average Bonchev–Trinajstić information content (AvgIpc) is 2.88. The quantitative estimate of drug-likeness (QED) is 0.725. The number of fused-ring (bicyclic) bond motifs is 1. The fourth-order valence-corrected chi connectivity index (χ4v) is 3.01. The molecule has 1 saturated heterocycles. The summed E-state index contributed by atoms with van der Waals surface area (Å²) in [6.07, 6.45) is 4.92. The first kappa shape index (κ1) is 14.1. The fraction of sp³-hybridized carbons (Fsp3) is 0.312. The molecule has 1 aliphatic rings. The molecule has 118 valence electrons. The van der Waals surface area contributed by atoms with Crippen LogP contribution in [0.25, 0.3) is 5.65 Å². The third-order valence-electron chi connectivity index (χ3n) is 4.10. The molecule has 0 amide bonds. The summed E-state index contributed by atoms with van der Waals surface area (Å²) in [5.74, 6) is 0.156. The highest BCUT2D eigenvalue weighted by molar-refractivity contribution is 5.39. The van der Waals surface area contributed by atoms with Crippen LogP contribution in [0.5, 0.6) is 0 Å². The van der Waals surface area contributed by atoms with E-state index in [1.807, 2.05) is 6.20 Å². The van der Waals surface area contributed by atoms with E-state index in [1.54, 1.807) is 22.7 Å². The molecule has 3 aromatic rings. The third kappa shape index (κ3) is 2.87. The minimum atomic E-state index is -0.272. The molecule has 0 bridgehead atoms. The molecule has 23 heavy (non-hydrogen) atoms. The number of nitrogens with zero attached hydrogens (tertiary/aromatic N) is 5. The topological polar surface area (TPSA) is 55.4 Å². The molecular formula is C16H16FN5O. The zero-order valence-corrected chi connectivity index (χ0v) is 12.5. The number of hydrogen-bond acceptors (Lipinski definition) is 4. The van der Waals surface area contributed by atoms with Crippen molar-refractivity contribution in [1.82, 2.24) is 24.1 Å². The minimum absolute atomic E-state index is 0.0617. The summed E-state index contributed by atoms with van der Waals surface area (Å²) in [5.41, 5.74) is 1.61. The second-order valence-electron chi connectivity index (χ2n) is 5.95. The van der Waals surface area contributed by atoms with Gasteiger partial charge in [0.25, 0.3) is 5.56 Å². The van der Waals surface area contributed by atoms with Gasteiger partial charge in [0.1, 0.15) is 11.5 Å². The van der Waals surface area contributed by atoms with Crippen LogP contribution in [0.1, 0.15) is 5.69 Å². The van der Waals surface area contributed by atoms with Crippen molar-refractivity contribution >= 4 is 5.65 Å². The van der Waals surface area contributed by atoms with Gasteiger partial charge in [0.05, 0.1) is 12.2 Å². The van der Waals surface area contributed by atoms with Crippen molar-refractivity contribution in [2.45, 2.75) is 13.1 Å². The maximum Gasteiger partial charge on any atom is 0.266 e. The van der Waals surface area contributed by atoms with Crippen molar-refractivity contribution in [1.29, 1.82) is 0 Å². The normalized spacial score (nSPS) is 15.9. The molecule has 3 aromatic heterocycles. The second-order valence-corrected chi connectivity index (χ2v) is 5.95. The molecule has 7 heteroatoms. The largest absolute Gasteiger partial charge is 0.304 e. The smallest absolute Gasteiger partial charge is 0.266 e. The maximum absolute atomic E-state index is 13.2. The number of hydrogen-bond donors (Lipinski definition) is 0. The van der Waals surface area contributed by atoms with Gasteiger partial charge in [-0.15, -0.1) is 0 Å². The summed E-state index contributed by atoms with van der Waals surface area (Å²) in [4.78, 5) is 18.4. The van der Waals surface area contributed by atoms with Crippen molar-refractivity contribution < 1.29 is 4.39 Å². The van der Waals surface area contributed by atoms with Gasteiger partial charge in [-0.3, -0.25) is 9.69 Å². The summed E-state index contributed by atoms with van der Waals surface area (Å²) in [6, 6.07) is 6.26. The van der Waals surface area contributed by atoms with Crippen LogP contribution in [0, 0.1) is 11.7 Å². The molecule has 6 nitrogen and oxygen atoms in total. The van der Waals surface area contributed by atoms with Crippen LogP contribution < -0.4 is 5.56 Å². The lowest BCUT2D eigenvalue weighted by molar-refractivity contribution is 0.0755. The Balaban J connectivity index is 1.36. The van der Waals surface area contributed by atoms with E-state index in [4.69, 9.17) is 0 Å². The number of likely N-dealkylation sites (tertiary alicyclic amines) is 1. The highest BCUT2D eigenvalue weighted by Gasteiger charge is 2.27. The number of pyridine rings is 1. The van der Waals surface area contributed by atoms with Gasteiger partial charge in [0.15, 0.2) is 0 Å². The molecule has 0 unspecified atom stereocenters. The van der Waals surface area contributed by atoms with Crippen LogP contribution in [0.3, 0.4) is 0 Å². The molecule has 1 aliphatic heterocycles. The van der Waals surface area contributed by atoms with Gasteiger partial charge in [-0.1, -0.05) is 0 Å². The number of halogens is 1. The Hall–Kier alpha value is -2.54. The standard InChI is InChI=1S/C16H16FN5O/c17-13-3-4-15-19-14(11-21(15)9-13)10-20-6-12(7-20)8-22-16(23)2-1-5-18-22/h1-5,9,11-12H,6-8,10H2. The molecule has 4 heterocycles. The fourth-order valence-electron chi connectivity index (χ4n) is 3.01. The molecule has 0 radical (unpaired) electrons. The lowest BCUT2D eigenvalue weighted by Gasteiger charge is -2.38. The van der Waals surface area contributed by atoms with Gasteiger partial charge >= 0.3 is 0 Å². The van der Waals surface area contributed by atoms with E-state index in [2.05, 4.69) is 15.0 Å². The van der Waals surface area contributed by atoms with Gasteiger partial charge in [0.2, 0.25) is 0 Å². The van der Waals surface area contributed by atoms with E-state index in [0.29, 0.717) is 12.5 Å². The van der Waals surface area contributed by atoms with Crippen molar-refractivity contribution in [3.63, 3.8) is 0 Å².